The second kappa shape index (κ2) is 10.7. The van der Waals surface area contributed by atoms with E-state index in [4.69, 9.17) is 4.74 Å². The van der Waals surface area contributed by atoms with Crippen LogP contribution in [-0.2, 0) is 6.61 Å². The fourth-order valence-electron chi connectivity index (χ4n) is 2.69. The minimum absolute atomic E-state index is 0.232. The summed E-state index contributed by atoms with van der Waals surface area (Å²) in [7, 11) is 1.40. The monoisotopic (exact) mass is 409 g/mol. The molecule has 0 saturated heterocycles. The van der Waals surface area contributed by atoms with Crippen LogP contribution in [0.2, 0.25) is 0 Å². The van der Waals surface area contributed by atoms with Crippen LogP contribution in [0.25, 0.3) is 0 Å². The van der Waals surface area contributed by atoms with Crippen molar-refractivity contribution < 1.29 is 22.7 Å². The number of carbonyl (C=O) groups excluding carboxylic acids is 1. The van der Waals surface area contributed by atoms with Crippen molar-refractivity contribution in [3.8, 4) is 5.75 Å². The second-order valence-corrected chi connectivity index (χ2v) is 6.86. The Hall–Kier alpha value is -2.74. The van der Waals surface area contributed by atoms with E-state index in [9.17, 15) is 18.0 Å². The van der Waals surface area contributed by atoms with Gasteiger partial charge in [-0.05, 0) is 50.2 Å². The van der Waals surface area contributed by atoms with Crippen LogP contribution in [0.1, 0.15) is 17.5 Å². The van der Waals surface area contributed by atoms with Gasteiger partial charge in [0.05, 0.1) is 12.2 Å². The molecule has 8 heteroatoms. The molecule has 5 nitrogen and oxygen atoms in total. The summed E-state index contributed by atoms with van der Waals surface area (Å²) in [5, 5.41) is 5.38. The lowest BCUT2D eigenvalue weighted by Gasteiger charge is -2.18. The molecule has 0 bridgehead atoms. The fraction of sp³-hybridized carbons (Fsp3) is 0.381. The highest BCUT2D eigenvalue weighted by atomic mass is 19.4. The number of benzene rings is 2. The molecule has 0 heterocycles. The summed E-state index contributed by atoms with van der Waals surface area (Å²) in [5.74, 6) is 0.550. The molecule has 2 aromatic rings. The van der Waals surface area contributed by atoms with E-state index in [0.29, 0.717) is 24.5 Å². The van der Waals surface area contributed by atoms with Gasteiger partial charge in [0.2, 0.25) is 0 Å². The van der Waals surface area contributed by atoms with Crippen molar-refractivity contribution in [2.45, 2.75) is 26.1 Å². The normalized spacial score (nSPS) is 11.4. The zero-order valence-electron chi connectivity index (χ0n) is 16.6. The second-order valence-electron chi connectivity index (χ2n) is 6.86. The van der Waals surface area contributed by atoms with Crippen LogP contribution >= 0.6 is 0 Å². The van der Waals surface area contributed by atoms with Crippen LogP contribution in [0.3, 0.4) is 0 Å². The summed E-state index contributed by atoms with van der Waals surface area (Å²) in [6, 6.07) is 14.7. The molecule has 0 unspecified atom stereocenters. The summed E-state index contributed by atoms with van der Waals surface area (Å²) in [6.45, 7) is 1.82. The molecule has 2 aromatic carbocycles. The van der Waals surface area contributed by atoms with E-state index < -0.39 is 18.8 Å². The summed E-state index contributed by atoms with van der Waals surface area (Å²) in [4.78, 5) is 13.3. The molecular formula is C21H26F3N3O2. The number of aryl methyl sites for hydroxylation is 1. The molecular weight excluding hydrogens is 383 g/mol. The quantitative estimate of drug-likeness (QED) is 0.596. The number of carbonyl (C=O) groups is 1. The minimum Gasteiger partial charge on any atom is -0.487 e. The van der Waals surface area contributed by atoms with Crippen molar-refractivity contribution in [3.05, 3.63) is 59.7 Å². The third kappa shape index (κ3) is 8.87. The van der Waals surface area contributed by atoms with Gasteiger partial charge in [0, 0.05) is 6.54 Å². The van der Waals surface area contributed by atoms with Crippen molar-refractivity contribution >= 4 is 11.7 Å². The zero-order valence-corrected chi connectivity index (χ0v) is 16.6. The van der Waals surface area contributed by atoms with Crippen LogP contribution in [0.5, 0.6) is 5.75 Å². The molecule has 0 spiro atoms. The number of hydrogen-bond acceptors (Lipinski definition) is 3. The Labute approximate surface area is 168 Å². The van der Waals surface area contributed by atoms with Crippen LogP contribution < -0.4 is 15.4 Å². The van der Waals surface area contributed by atoms with Gasteiger partial charge in [0.15, 0.2) is 0 Å². The van der Waals surface area contributed by atoms with E-state index in [1.165, 1.54) is 11.9 Å². The van der Waals surface area contributed by atoms with Gasteiger partial charge in [-0.3, -0.25) is 4.90 Å². The highest BCUT2D eigenvalue weighted by Crippen LogP contribution is 2.26. The number of amides is 2. The summed E-state index contributed by atoms with van der Waals surface area (Å²) < 4.78 is 42.7. The maximum Gasteiger partial charge on any atom is 0.401 e. The molecule has 2 amide bonds. The van der Waals surface area contributed by atoms with Crippen LogP contribution in [0, 0.1) is 6.92 Å². The SMILES string of the molecule is Cc1ccc(NC(=O)NCCCN(C)CC(F)(F)F)c(OCc2ccccc2)c1. The van der Waals surface area contributed by atoms with Crippen LogP contribution in [0.15, 0.2) is 48.5 Å². The average Bonchev–Trinajstić information content (AvgIpc) is 2.65. The topological polar surface area (TPSA) is 53.6 Å². The van der Waals surface area contributed by atoms with E-state index in [0.717, 1.165) is 11.1 Å². The fourth-order valence-corrected chi connectivity index (χ4v) is 2.69. The maximum absolute atomic E-state index is 12.3. The van der Waals surface area contributed by atoms with Crippen molar-refractivity contribution in [1.29, 1.82) is 0 Å². The predicted octanol–water partition coefficient (Wildman–Crippen LogP) is 4.58. The molecule has 0 aromatic heterocycles. The molecule has 158 valence electrons. The van der Waals surface area contributed by atoms with Gasteiger partial charge in [-0.1, -0.05) is 36.4 Å². The molecule has 0 saturated carbocycles. The zero-order chi connectivity index (χ0) is 21.3. The Balaban J connectivity index is 1.82. The van der Waals surface area contributed by atoms with E-state index >= 15 is 0 Å². The van der Waals surface area contributed by atoms with Crippen LogP contribution in [0.4, 0.5) is 23.7 Å². The van der Waals surface area contributed by atoms with Gasteiger partial charge >= 0.3 is 12.2 Å². The van der Waals surface area contributed by atoms with Gasteiger partial charge in [-0.15, -0.1) is 0 Å². The van der Waals surface area contributed by atoms with E-state index in [-0.39, 0.29) is 13.1 Å². The van der Waals surface area contributed by atoms with Crippen molar-refractivity contribution in [2.75, 3.05) is 32.0 Å². The first kappa shape index (κ1) is 22.5. The number of hydrogen-bond donors (Lipinski definition) is 2. The Kier molecular flexibility index (Phi) is 8.33. The highest BCUT2D eigenvalue weighted by Gasteiger charge is 2.28. The molecule has 0 aliphatic heterocycles. The largest absolute Gasteiger partial charge is 0.487 e. The number of rotatable bonds is 9. The third-order valence-electron chi connectivity index (χ3n) is 4.07. The molecule has 0 atom stereocenters. The summed E-state index contributed by atoms with van der Waals surface area (Å²) >= 11 is 0. The van der Waals surface area contributed by atoms with Gasteiger partial charge in [0.25, 0.3) is 0 Å². The molecule has 0 aliphatic carbocycles. The van der Waals surface area contributed by atoms with E-state index in [1.54, 1.807) is 6.07 Å². The van der Waals surface area contributed by atoms with Gasteiger partial charge in [0.1, 0.15) is 12.4 Å². The Morgan fingerprint density at radius 1 is 1.14 bits per heavy atom. The summed E-state index contributed by atoms with van der Waals surface area (Å²) in [5.41, 5.74) is 2.53. The van der Waals surface area contributed by atoms with Crippen LogP contribution in [-0.4, -0.2) is 43.8 Å². The number of nitrogens with one attached hydrogen (secondary N) is 2. The number of halogens is 3. The third-order valence-corrected chi connectivity index (χ3v) is 4.07. The smallest absolute Gasteiger partial charge is 0.401 e. The highest BCUT2D eigenvalue weighted by molar-refractivity contribution is 5.90. The molecule has 29 heavy (non-hydrogen) atoms. The lowest BCUT2D eigenvalue weighted by atomic mass is 10.2. The van der Waals surface area contributed by atoms with Crippen molar-refractivity contribution in [3.63, 3.8) is 0 Å². The molecule has 0 fully saturated rings. The number of anilines is 1. The lowest BCUT2D eigenvalue weighted by molar-refractivity contribution is -0.143. The first-order chi connectivity index (χ1) is 13.7. The first-order valence-corrected chi connectivity index (χ1v) is 9.30. The van der Waals surface area contributed by atoms with Crippen molar-refractivity contribution in [2.24, 2.45) is 0 Å². The van der Waals surface area contributed by atoms with Gasteiger partial charge < -0.3 is 15.4 Å². The number of urea groups is 1. The van der Waals surface area contributed by atoms with E-state index in [1.807, 2.05) is 49.4 Å². The van der Waals surface area contributed by atoms with E-state index in [2.05, 4.69) is 10.6 Å². The van der Waals surface area contributed by atoms with Gasteiger partial charge in [-0.2, -0.15) is 13.2 Å². The first-order valence-electron chi connectivity index (χ1n) is 9.30. The summed E-state index contributed by atoms with van der Waals surface area (Å²) in [6.07, 6.45) is -3.81. The van der Waals surface area contributed by atoms with Gasteiger partial charge in [-0.25, -0.2) is 4.79 Å². The maximum atomic E-state index is 12.3. The molecule has 2 N–H and O–H groups in total. The molecule has 0 aliphatic rings. The Bertz CT molecular complexity index is 782. The number of ether oxygens (including phenoxy) is 1. The minimum atomic E-state index is -4.22. The number of nitrogens with zero attached hydrogens (tertiary/aromatic N) is 1. The van der Waals surface area contributed by atoms with Crippen molar-refractivity contribution in [1.82, 2.24) is 10.2 Å². The average molecular weight is 409 g/mol. The predicted molar refractivity (Wildman–Crippen MR) is 107 cm³/mol. The molecule has 2 rings (SSSR count). The Morgan fingerprint density at radius 2 is 1.86 bits per heavy atom. The Morgan fingerprint density at radius 3 is 2.55 bits per heavy atom. The molecule has 0 radical (unpaired) electrons. The lowest BCUT2D eigenvalue weighted by Crippen LogP contribution is -2.35. The number of alkyl halides is 3. The standard InChI is InChI=1S/C21H26F3N3O2/c1-16-9-10-18(19(13-16)29-14-17-7-4-3-5-8-17)26-20(28)25-11-6-12-27(2)15-21(22,23)24/h3-5,7-10,13H,6,11-12,14-15H2,1-2H3,(H2,25,26,28).